The molecular weight excluding hydrogens is 395 g/mol. The number of allylic oxidation sites excluding steroid dienone is 1. The Bertz CT molecular complexity index is 1280. The minimum Gasteiger partial charge on any atom is -0.300 e. The van der Waals surface area contributed by atoms with E-state index in [1.165, 1.54) is 16.8 Å². The summed E-state index contributed by atoms with van der Waals surface area (Å²) in [6.45, 7) is 7.47. The zero-order valence-electron chi connectivity index (χ0n) is 17.7. The highest BCUT2D eigenvalue weighted by Gasteiger charge is 2.31. The number of nitrogens with one attached hydrogen (secondary N) is 1. The van der Waals surface area contributed by atoms with E-state index in [1.54, 1.807) is 12.4 Å². The van der Waals surface area contributed by atoms with E-state index in [4.69, 9.17) is 0 Å². The molecule has 2 aliphatic heterocycles. The van der Waals surface area contributed by atoms with E-state index in [1.807, 2.05) is 20.0 Å². The molecule has 5 heterocycles. The van der Waals surface area contributed by atoms with Crippen LogP contribution in [0.4, 0.5) is 4.39 Å². The first kappa shape index (κ1) is 19.6. The van der Waals surface area contributed by atoms with Gasteiger partial charge in [0.1, 0.15) is 6.17 Å². The third-order valence-electron chi connectivity index (χ3n) is 6.26. The van der Waals surface area contributed by atoms with Gasteiger partial charge < -0.3 is 0 Å². The largest absolute Gasteiger partial charge is 0.300 e. The summed E-state index contributed by atoms with van der Waals surface area (Å²) in [6, 6.07) is 5.02. The molecule has 3 aromatic heterocycles. The molecule has 1 atom stereocenters. The molecule has 7 nitrogen and oxygen atoms in total. The van der Waals surface area contributed by atoms with Crippen molar-refractivity contribution in [2.24, 2.45) is 0 Å². The van der Waals surface area contributed by atoms with Crippen molar-refractivity contribution in [3.05, 3.63) is 81.3 Å². The average Bonchev–Trinajstić information content (AvgIpc) is 2.76. The molecule has 0 saturated heterocycles. The van der Waals surface area contributed by atoms with Gasteiger partial charge in [0.05, 0.1) is 0 Å². The van der Waals surface area contributed by atoms with Crippen LogP contribution in [0.15, 0.2) is 47.2 Å². The SMILES string of the molecule is CC1=C(C)C(N2CCc3ncc(-c4cnc(F)cc4C)cc3C2)Nn2c1nccc2=O. The quantitative estimate of drug-likeness (QED) is 0.645. The molecule has 5 rings (SSSR count). The van der Waals surface area contributed by atoms with Gasteiger partial charge in [-0.25, -0.2) is 14.6 Å². The molecule has 8 heteroatoms. The third kappa shape index (κ3) is 3.33. The number of pyridine rings is 2. The Morgan fingerprint density at radius 3 is 2.77 bits per heavy atom. The van der Waals surface area contributed by atoms with E-state index in [0.717, 1.165) is 52.1 Å². The van der Waals surface area contributed by atoms with Crippen LogP contribution in [0, 0.1) is 12.9 Å². The van der Waals surface area contributed by atoms with Gasteiger partial charge in [0.2, 0.25) is 5.95 Å². The van der Waals surface area contributed by atoms with Crippen molar-refractivity contribution < 1.29 is 4.39 Å². The standard InChI is InChI=1S/C23H23FN6O/c1-13-8-20(24)27-11-18(13)16-9-17-12-29(7-5-19(17)26-10-16)23-15(3)14(2)22-25-6-4-21(31)30(22)28-23/h4,6,8-11,23,28H,5,7,12H2,1-3H3. The monoisotopic (exact) mass is 418 g/mol. The topological polar surface area (TPSA) is 75.9 Å². The summed E-state index contributed by atoms with van der Waals surface area (Å²) in [4.78, 5) is 27.5. The number of aromatic nitrogens is 4. The maximum atomic E-state index is 13.4. The first-order valence-electron chi connectivity index (χ1n) is 10.3. The van der Waals surface area contributed by atoms with Crippen molar-refractivity contribution in [1.29, 1.82) is 0 Å². The van der Waals surface area contributed by atoms with Crippen LogP contribution in [0.3, 0.4) is 0 Å². The van der Waals surface area contributed by atoms with Crippen LogP contribution in [-0.2, 0) is 13.0 Å². The van der Waals surface area contributed by atoms with Crippen LogP contribution in [0.2, 0.25) is 0 Å². The van der Waals surface area contributed by atoms with Gasteiger partial charge >= 0.3 is 0 Å². The summed E-state index contributed by atoms with van der Waals surface area (Å²) in [6.07, 6.45) is 5.65. The lowest BCUT2D eigenvalue weighted by Crippen LogP contribution is -2.52. The molecule has 1 N–H and O–H groups in total. The third-order valence-corrected chi connectivity index (χ3v) is 6.26. The summed E-state index contributed by atoms with van der Waals surface area (Å²) < 4.78 is 15.0. The van der Waals surface area contributed by atoms with Crippen molar-refractivity contribution in [2.45, 2.75) is 39.9 Å². The molecule has 0 amide bonds. The summed E-state index contributed by atoms with van der Waals surface area (Å²) in [5, 5.41) is 0. The molecule has 3 aromatic rings. The summed E-state index contributed by atoms with van der Waals surface area (Å²) in [5.74, 6) is 0.172. The Morgan fingerprint density at radius 1 is 1.13 bits per heavy atom. The Kier molecular flexibility index (Phi) is 4.66. The summed E-state index contributed by atoms with van der Waals surface area (Å²) in [7, 11) is 0. The predicted octanol–water partition coefficient (Wildman–Crippen LogP) is 2.88. The fourth-order valence-corrected chi connectivity index (χ4v) is 4.39. The number of nitrogens with zero attached hydrogens (tertiary/aromatic N) is 5. The second-order valence-corrected chi connectivity index (χ2v) is 8.15. The van der Waals surface area contributed by atoms with Gasteiger partial charge in [0.25, 0.3) is 5.56 Å². The highest BCUT2D eigenvalue weighted by atomic mass is 19.1. The van der Waals surface area contributed by atoms with Crippen molar-refractivity contribution >= 4 is 5.57 Å². The molecule has 0 aromatic carbocycles. The van der Waals surface area contributed by atoms with Crippen molar-refractivity contribution in [3.8, 4) is 11.1 Å². The normalized spacial score (nSPS) is 18.4. The lowest BCUT2D eigenvalue weighted by Gasteiger charge is -2.40. The number of hydrogen-bond acceptors (Lipinski definition) is 6. The fraction of sp³-hybridized carbons (Fsp3) is 0.304. The molecule has 158 valence electrons. The Hall–Kier alpha value is -3.39. The molecule has 1 unspecified atom stereocenters. The first-order chi connectivity index (χ1) is 14.9. The molecule has 0 spiro atoms. The van der Waals surface area contributed by atoms with Crippen LogP contribution >= 0.6 is 0 Å². The Labute approximate surface area is 179 Å². The zero-order valence-corrected chi connectivity index (χ0v) is 17.7. The van der Waals surface area contributed by atoms with Gasteiger partial charge in [0.15, 0.2) is 5.82 Å². The minimum atomic E-state index is -0.482. The molecule has 0 saturated carbocycles. The van der Waals surface area contributed by atoms with Crippen molar-refractivity contribution in [1.82, 2.24) is 24.5 Å². The summed E-state index contributed by atoms with van der Waals surface area (Å²) in [5.41, 5.74) is 10.2. The molecule has 31 heavy (non-hydrogen) atoms. The van der Waals surface area contributed by atoms with E-state index >= 15 is 0 Å². The Balaban J connectivity index is 1.48. The van der Waals surface area contributed by atoms with Crippen LogP contribution in [-0.4, -0.2) is 37.2 Å². The molecule has 2 aliphatic rings. The van der Waals surface area contributed by atoms with E-state index in [2.05, 4.69) is 38.3 Å². The molecule has 0 fully saturated rings. The smallest absolute Gasteiger partial charge is 0.272 e. The number of halogens is 1. The van der Waals surface area contributed by atoms with Gasteiger partial charge in [-0.15, -0.1) is 0 Å². The highest BCUT2D eigenvalue weighted by molar-refractivity contribution is 5.67. The van der Waals surface area contributed by atoms with E-state index in [9.17, 15) is 9.18 Å². The average molecular weight is 418 g/mol. The maximum Gasteiger partial charge on any atom is 0.272 e. The number of rotatable bonds is 2. The van der Waals surface area contributed by atoms with Gasteiger partial charge in [0, 0.05) is 61.0 Å². The van der Waals surface area contributed by atoms with Crippen LogP contribution < -0.4 is 11.0 Å². The highest BCUT2D eigenvalue weighted by Crippen LogP contribution is 2.30. The van der Waals surface area contributed by atoms with Crippen LogP contribution in [0.5, 0.6) is 0 Å². The molecular formula is C23H23FN6O. The second-order valence-electron chi connectivity index (χ2n) is 8.15. The second kappa shape index (κ2) is 7.39. The molecule has 0 radical (unpaired) electrons. The van der Waals surface area contributed by atoms with Gasteiger partial charge in [-0.05, 0) is 55.2 Å². The summed E-state index contributed by atoms with van der Waals surface area (Å²) >= 11 is 0. The van der Waals surface area contributed by atoms with E-state index in [-0.39, 0.29) is 11.7 Å². The van der Waals surface area contributed by atoms with Crippen LogP contribution in [0.25, 0.3) is 16.7 Å². The molecule has 0 bridgehead atoms. The van der Waals surface area contributed by atoms with Crippen molar-refractivity contribution in [2.75, 3.05) is 12.0 Å². The van der Waals surface area contributed by atoms with Crippen molar-refractivity contribution in [3.63, 3.8) is 0 Å². The van der Waals surface area contributed by atoms with Gasteiger partial charge in [-0.2, -0.15) is 4.39 Å². The van der Waals surface area contributed by atoms with Gasteiger partial charge in [-0.1, -0.05) is 0 Å². The van der Waals surface area contributed by atoms with Gasteiger partial charge in [-0.3, -0.25) is 20.1 Å². The molecule has 0 aliphatic carbocycles. The number of fused-ring (bicyclic) bond motifs is 2. The minimum absolute atomic E-state index is 0.111. The van der Waals surface area contributed by atoms with Crippen LogP contribution in [0.1, 0.15) is 36.5 Å². The lowest BCUT2D eigenvalue weighted by molar-refractivity contribution is 0.204. The number of aryl methyl sites for hydroxylation is 1. The zero-order chi connectivity index (χ0) is 21.7. The van der Waals surface area contributed by atoms with E-state index < -0.39 is 5.95 Å². The van der Waals surface area contributed by atoms with E-state index in [0.29, 0.717) is 12.4 Å². The maximum absolute atomic E-state index is 13.4. The Morgan fingerprint density at radius 2 is 1.97 bits per heavy atom. The predicted molar refractivity (Wildman–Crippen MR) is 116 cm³/mol. The fourth-order valence-electron chi connectivity index (χ4n) is 4.39. The lowest BCUT2D eigenvalue weighted by atomic mass is 9.97. The first-order valence-corrected chi connectivity index (χ1v) is 10.3. The number of hydrogen-bond donors (Lipinski definition) is 1.